The topological polar surface area (TPSA) is 55.6 Å². The number of fused-ring (bicyclic) bond motifs is 1. The Hall–Kier alpha value is -2.66. The molecule has 1 fully saturated rings. The predicted octanol–water partition coefficient (Wildman–Crippen LogP) is 4.68. The summed E-state index contributed by atoms with van der Waals surface area (Å²) in [5.41, 5.74) is 1.17. The first-order valence-electron chi connectivity index (χ1n) is 8.69. The van der Waals surface area contributed by atoms with Gasteiger partial charge < -0.3 is 15.0 Å². The van der Waals surface area contributed by atoms with Gasteiger partial charge in [0, 0.05) is 21.7 Å². The molecule has 0 amide bonds. The van der Waals surface area contributed by atoms with Crippen LogP contribution in [-0.4, -0.2) is 21.9 Å². The van der Waals surface area contributed by atoms with Crippen molar-refractivity contribution in [2.24, 2.45) is 0 Å². The Morgan fingerprint density at radius 3 is 2.40 bits per heavy atom. The van der Waals surface area contributed by atoms with E-state index in [0.717, 1.165) is 46.8 Å². The van der Waals surface area contributed by atoms with Crippen LogP contribution < -0.4 is 4.74 Å². The maximum absolute atomic E-state index is 12.7. The van der Waals surface area contributed by atoms with E-state index in [1.165, 1.54) is 6.20 Å². The molecule has 0 unspecified atom stereocenters. The quantitative estimate of drug-likeness (QED) is 0.764. The van der Waals surface area contributed by atoms with Crippen molar-refractivity contribution in [3.8, 4) is 11.5 Å². The Labute approximate surface area is 146 Å². The summed E-state index contributed by atoms with van der Waals surface area (Å²) in [4.78, 5) is 12.3. The Kier molecular flexibility index (Phi) is 4.24. The molecule has 1 heterocycles. The third kappa shape index (κ3) is 3.15. The number of hydroxylamine groups is 2. The molecule has 0 radical (unpaired) electrons. The summed E-state index contributed by atoms with van der Waals surface area (Å²) in [6.07, 6.45) is 5.03. The van der Waals surface area contributed by atoms with E-state index in [4.69, 9.17) is 4.74 Å². The summed E-state index contributed by atoms with van der Waals surface area (Å²) in [5.74, 6) is 1.45. The van der Waals surface area contributed by atoms with Crippen LogP contribution in [0.4, 0.5) is 0 Å². The Morgan fingerprint density at radius 1 is 0.960 bits per heavy atom. The van der Waals surface area contributed by atoms with Crippen molar-refractivity contribution in [3.63, 3.8) is 0 Å². The molecule has 5 heteroatoms. The average molecular weight is 336 g/mol. The molecule has 1 aliphatic heterocycles. The number of rotatable bonds is 3. The summed E-state index contributed by atoms with van der Waals surface area (Å²) in [5, 5.41) is 13.8. The van der Waals surface area contributed by atoms with Gasteiger partial charge in [0.05, 0.1) is 6.04 Å². The van der Waals surface area contributed by atoms with Crippen LogP contribution in [0.5, 0.6) is 11.5 Å². The number of para-hydroxylation sites is 1. The van der Waals surface area contributed by atoms with Crippen molar-refractivity contribution >= 4 is 5.70 Å². The molecule has 0 aromatic heterocycles. The van der Waals surface area contributed by atoms with Gasteiger partial charge in [-0.25, -0.2) is 0 Å². The monoisotopic (exact) mass is 336 g/mol. The van der Waals surface area contributed by atoms with Crippen LogP contribution in [0.2, 0.25) is 0 Å². The smallest absolute Gasteiger partial charge is 0.244 e. The maximum Gasteiger partial charge on any atom is 0.244 e. The minimum atomic E-state index is -0.244. The number of hydrogen-bond acceptors (Lipinski definition) is 4. The second-order valence-electron chi connectivity index (χ2n) is 6.56. The number of benzene rings is 2. The van der Waals surface area contributed by atoms with Crippen LogP contribution in [0.1, 0.15) is 31.2 Å². The first-order valence-corrected chi connectivity index (χ1v) is 8.69. The van der Waals surface area contributed by atoms with Gasteiger partial charge in [0.2, 0.25) is 12.2 Å². The fourth-order valence-electron chi connectivity index (χ4n) is 3.63. The van der Waals surface area contributed by atoms with E-state index in [1.807, 2.05) is 54.6 Å². The first-order chi connectivity index (χ1) is 12.2. The van der Waals surface area contributed by atoms with E-state index in [-0.39, 0.29) is 12.1 Å². The van der Waals surface area contributed by atoms with Crippen LogP contribution in [0.15, 0.2) is 60.8 Å². The zero-order valence-electron chi connectivity index (χ0n) is 13.9. The minimum absolute atomic E-state index is 0.212. The Bertz CT molecular complexity index is 786. The SMILES string of the molecule is O=[N+]1C=C(c2ccc(Oc3ccccc3)cc2)N([O-])[C@@H]2CCCC[C@@H]21. The van der Waals surface area contributed by atoms with Crippen LogP contribution in [0.3, 0.4) is 0 Å². The molecule has 0 saturated heterocycles. The fourth-order valence-corrected chi connectivity index (χ4v) is 3.63. The lowest BCUT2D eigenvalue weighted by Crippen LogP contribution is -2.49. The van der Waals surface area contributed by atoms with Crippen molar-refractivity contribution < 1.29 is 9.50 Å². The van der Waals surface area contributed by atoms with Gasteiger partial charge in [-0.1, -0.05) is 24.6 Å². The molecule has 2 aromatic carbocycles. The molecule has 5 nitrogen and oxygen atoms in total. The van der Waals surface area contributed by atoms with Gasteiger partial charge in [-0.2, -0.15) is 0 Å². The third-order valence-corrected chi connectivity index (χ3v) is 4.94. The minimum Gasteiger partial charge on any atom is -0.758 e. The predicted molar refractivity (Wildman–Crippen MR) is 95.8 cm³/mol. The Balaban J connectivity index is 1.56. The van der Waals surface area contributed by atoms with Crippen molar-refractivity contribution in [2.45, 2.75) is 37.8 Å². The second-order valence-corrected chi connectivity index (χ2v) is 6.56. The van der Waals surface area contributed by atoms with Crippen molar-refractivity contribution in [2.75, 3.05) is 0 Å². The summed E-state index contributed by atoms with van der Waals surface area (Å²) in [6.45, 7) is 0. The van der Waals surface area contributed by atoms with E-state index in [2.05, 4.69) is 0 Å². The van der Waals surface area contributed by atoms with Crippen LogP contribution in [0.25, 0.3) is 5.70 Å². The molecule has 0 N–H and O–H groups in total. The van der Waals surface area contributed by atoms with Gasteiger partial charge in [0.1, 0.15) is 17.2 Å². The number of nitrogens with zero attached hydrogens (tertiary/aromatic N) is 2. The Morgan fingerprint density at radius 2 is 1.64 bits per heavy atom. The van der Waals surface area contributed by atoms with Gasteiger partial charge in [-0.05, 0) is 49.2 Å². The van der Waals surface area contributed by atoms with E-state index in [1.54, 1.807) is 0 Å². The van der Waals surface area contributed by atoms with E-state index >= 15 is 0 Å². The lowest BCUT2D eigenvalue weighted by atomic mass is 9.88. The van der Waals surface area contributed by atoms with E-state index in [9.17, 15) is 10.1 Å². The van der Waals surface area contributed by atoms with Crippen molar-refractivity contribution in [1.82, 2.24) is 5.06 Å². The molecule has 1 aliphatic carbocycles. The number of ether oxygens (including phenoxy) is 1. The largest absolute Gasteiger partial charge is 0.758 e. The lowest BCUT2D eigenvalue weighted by molar-refractivity contribution is -0.536. The van der Waals surface area contributed by atoms with Gasteiger partial charge in [-0.3, -0.25) is 0 Å². The van der Waals surface area contributed by atoms with Gasteiger partial charge in [0.25, 0.3) is 0 Å². The van der Waals surface area contributed by atoms with Gasteiger partial charge in [-0.15, -0.1) is 0 Å². The molecule has 2 aromatic rings. The fraction of sp³-hybridized carbons (Fsp3) is 0.300. The highest BCUT2D eigenvalue weighted by atomic mass is 16.5. The zero-order valence-corrected chi connectivity index (χ0v) is 13.9. The van der Waals surface area contributed by atoms with Crippen LogP contribution >= 0.6 is 0 Å². The highest BCUT2D eigenvalue weighted by molar-refractivity contribution is 5.65. The van der Waals surface area contributed by atoms with Crippen LogP contribution in [-0.2, 0) is 0 Å². The second kappa shape index (κ2) is 6.69. The van der Waals surface area contributed by atoms with E-state index in [0.29, 0.717) is 11.4 Å². The highest BCUT2D eigenvalue weighted by Crippen LogP contribution is 2.35. The van der Waals surface area contributed by atoms with Gasteiger partial charge >= 0.3 is 0 Å². The summed E-state index contributed by atoms with van der Waals surface area (Å²) in [6, 6.07) is 16.4. The molecule has 4 rings (SSSR count). The third-order valence-electron chi connectivity index (χ3n) is 4.94. The molecule has 128 valence electrons. The molecule has 1 saturated carbocycles. The van der Waals surface area contributed by atoms with Crippen LogP contribution in [0, 0.1) is 10.1 Å². The molecule has 0 bridgehead atoms. The maximum atomic E-state index is 12.7. The summed E-state index contributed by atoms with van der Waals surface area (Å²) < 4.78 is 6.75. The molecular formula is C20H20N2O3. The molecule has 0 spiro atoms. The first kappa shape index (κ1) is 15.8. The van der Waals surface area contributed by atoms with Crippen molar-refractivity contribution in [1.29, 1.82) is 0 Å². The molecular weight excluding hydrogens is 316 g/mol. The highest BCUT2D eigenvalue weighted by Gasteiger charge is 2.41. The lowest BCUT2D eigenvalue weighted by Gasteiger charge is -2.44. The van der Waals surface area contributed by atoms with Gasteiger partial charge in [0.15, 0.2) is 0 Å². The molecule has 2 atom stereocenters. The average Bonchev–Trinajstić information content (AvgIpc) is 2.66. The van der Waals surface area contributed by atoms with Crippen molar-refractivity contribution in [3.05, 3.63) is 76.5 Å². The normalized spacial score (nSPS) is 23.0. The summed E-state index contributed by atoms with van der Waals surface area (Å²) >= 11 is 0. The summed E-state index contributed by atoms with van der Waals surface area (Å²) in [7, 11) is 0. The molecule has 2 aliphatic rings. The number of nitroso groups, excluding NO2 is 1. The van der Waals surface area contributed by atoms with E-state index < -0.39 is 0 Å². The molecule has 25 heavy (non-hydrogen) atoms. The number of hydrogen-bond donors (Lipinski definition) is 0. The standard InChI is InChI=1S/C20H20N2O3/c23-21-14-20(22(24)19-9-5-4-8-18(19)21)15-10-12-17(13-11-15)25-16-6-2-1-3-7-16/h1-3,6-7,10-14,18-19H,4-5,8-9H2/t18-,19+/m0/s1. The zero-order chi connectivity index (χ0) is 17.2.